The monoisotopic (exact) mass is 333 g/mol. The Bertz CT molecular complexity index is 869. The predicted octanol–water partition coefficient (Wildman–Crippen LogP) is 3.22. The van der Waals surface area contributed by atoms with Crippen molar-refractivity contribution in [3.63, 3.8) is 0 Å². The third-order valence-corrected chi connectivity index (χ3v) is 3.70. The average Bonchev–Trinajstić information content (AvgIpc) is 3.06. The lowest BCUT2D eigenvalue weighted by Gasteiger charge is -2.10. The minimum Gasteiger partial charge on any atom is -0.483 e. The fourth-order valence-corrected chi connectivity index (χ4v) is 2.40. The molecule has 0 bridgehead atoms. The zero-order valence-corrected chi connectivity index (χ0v) is 13.9. The van der Waals surface area contributed by atoms with Crippen LogP contribution in [0.5, 0.6) is 5.75 Å². The van der Waals surface area contributed by atoms with Crippen molar-refractivity contribution in [2.75, 3.05) is 6.61 Å². The van der Waals surface area contributed by atoms with Crippen molar-refractivity contribution in [2.24, 2.45) is 12.1 Å². The molecule has 1 aromatic heterocycles. The first-order valence-electron chi connectivity index (χ1n) is 7.94. The Morgan fingerprint density at radius 3 is 2.60 bits per heavy atom. The number of carbonyl (C=O) groups excluding carboxylic acids is 1. The Balaban J connectivity index is 1.59. The molecule has 0 fully saturated rings. The summed E-state index contributed by atoms with van der Waals surface area (Å²) in [6.45, 7) is -0.103. The second kappa shape index (κ2) is 7.97. The number of rotatable bonds is 6. The highest BCUT2D eigenvalue weighted by atomic mass is 16.5. The summed E-state index contributed by atoms with van der Waals surface area (Å²) >= 11 is 0. The fraction of sp³-hybridized carbons (Fsp3) is 0.100. The van der Waals surface area contributed by atoms with E-state index in [0.29, 0.717) is 5.75 Å². The van der Waals surface area contributed by atoms with Crippen molar-refractivity contribution in [1.82, 2.24) is 9.99 Å². The zero-order valence-electron chi connectivity index (χ0n) is 13.9. The number of amides is 1. The van der Waals surface area contributed by atoms with Gasteiger partial charge in [-0.15, -0.1) is 0 Å². The Labute approximate surface area is 146 Å². The summed E-state index contributed by atoms with van der Waals surface area (Å²) in [4.78, 5) is 11.9. The highest BCUT2D eigenvalue weighted by molar-refractivity contribution is 5.82. The van der Waals surface area contributed by atoms with Crippen molar-refractivity contribution in [1.29, 1.82) is 0 Å². The summed E-state index contributed by atoms with van der Waals surface area (Å²) in [6, 6.07) is 21.4. The lowest BCUT2D eigenvalue weighted by molar-refractivity contribution is -0.123. The number of para-hydroxylation sites is 1. The molecule has 0 saturated heterocycles. The summed E-state index contributed by atoms with van der Waals surface area (Å²) in [5.74, 6) is 0.351. The van der Waals surface area contributed by atoms with Crippen LogP contribution in [0.15, 0.2) is 78.0 Å². The first-order chi connectivity index (χ1) is 12.2. The van der Waals surface area contributed by atoms with Crippen LogP contribution >= 0.6 is 0 Å². The number of ether oxygens (including phenoxy) is 1. The molecule has 0 radical (unpaired) electrons. The van der Waals surface area contributed by atoms with Gasteiger partial charge in [-0.2, -0.15) is 5.10 Å². The number of nitrogens with zero attached hydrogens (tertiary/aromatic N) is 2. The molecule has 0 aliphatic rings. The topological polar surface area (TPSA) is 55.6 Å². The van der Waals surface area contributed by atoms with Gasteiger partial charge in [0.15, 0.2) is 6.61 Å². The van der Waals surface area contributed by atoms with Crippen LogP contribution in [0.4, 0.5) is 0 Å². The smallest absolute Gasteiger partial charge is 0.277 e. The molecule has 126 valence electrons. The van der Waals surface area contributed by atoms with E-state index < -0.39 is 0 Å². The Morgan fingerprint density at radius 1 is 1.08 bits per heavy atom. The third-order valence-electron chi connectivity index (χ3n) is 3.70. The minimum atomic E-state index is -0.312. The lowest BCUT2D eigenvalue weighted by atomic mass is 10.1. The summed E-state index contributed by atoms with van der Waals surface area (Å²) in [5.41, 5.74) is 5.36. The lowest BCUT2D eigenvalue weighted by Crippen LogP contribution is -2.24. The predicted molar refractivity (Wildman–Crippen MR) is 98.5 cm³/mol. The number of hydrazone groups is 1. The van der Waals surface area contributed by atoms with E-state index in [1.165, 1.54) is 0 Å². The molecule has 3 aromatic rings. The van der Waals surface area contributed by atoms with E-state index >= 15 is 0 Å². The van der Waals surface area contributed by atoms with Crippen molar-refractivity contribution in [3.8, 4) is 16.9 Å². The molecule has 0 unspecified atom stereocenters. The molecule has 0 saturated carbocycles. The number of aryl methyl sites for hydroxylation is 1. The highest BCUT2D eigenvalue weighted by Crippen LogP contribution is 2.29. The summed E-state index contributed by atoms with van der Waals surface area (Å²) < 4.78 is 7.58. The Morgan fingerprint density at radius 2 is 1.84 bits per heavy atom. The maximum absolute atomic E-state index is 11.9. The molecule has 0 atom stereocenters. The van der Waals surface area contributed by atoms with Gasteiger partial charge >= 0.3 is 0 Å². The van der Waals surface area contributed by atoms with E-state index in [0.717, 1.165) is 16.8 Å². The zero-order chi connectivity index (χ0) is 17.5. The molecule has 1 amide bonds. The standard InChI is InChI=1S/C20H19N3O2/c1-23-13-7-10-17(23)14-21-22-20(24)15-25-19-12-6-5-11-18(19)16-8-3-2-4-9-16/h2-14H,15H2,1H3,(H,22,24)/b21-14-. The van der Waals surface area contributed by atoms with Crippen LogP contribution in [-0.4, -0.2) is 23.3 Å². The molecule has 3 rings (SSSR count). The number of carbonyl (C=O) groups is 1. The molecule has 5 nitrogen and oxygen atoms in total. The van der Waals surface area contributed by atoms with E-state index in [2.05, 4.69) is 10.5 Å². The normalized spacial score (nSPS) is 10.8. The van der Waals surface area contributed by atoms with Gasteiger partial charge < -0.3 is 9.30 Å². The molecule has 0 aliphatic carbocycles. The maximum Gasteiger partial charge on any atom is 0.277 e. The number of benzene rings is 2. The molecule has 1 heterocycles. The molecule has 0 spiro atoms. The first kappa shape index (κ1) is 16.5. The molecule has 1 N–H and O–H groups in total. The van der Waals surface area contributed by atoms with E-state index in [9.17, 15) is 4.79 Å². The maximum atomic E-state index is 11.9. The van der Waals surface area contributed by atoms with Gasteiger partial charge in [0.2, 0.25) is 0 Å². The van der Waals surface area contributed by atoms with Gasteiger partial charge in [-0.05, 0) is 23.8 Å². The highest BCUT2D eigenvalue weighted by Gasteiger charge is 2.07. The van der Waals surface area contributed by atoms with E-state index in [1.54, 1.807) is 6.21 Å². The number of aromatic nitrogens is 1. The van der Waals surface area contributed by atoms with Crippen molar-refractivity contribution in [2.45, 2.75) is 0 Å². The van der Waals surface area contributed by atoms with Crippen molar-refractivity contribution < 1.29 is 9.53 Å². The van der Waals surface area contributed by atoms with E-state index in [1.807, 2.05) is 84.5 Å². The summed E-state index contributed by atoms with van der Waals surface area (Å²) in [5, 5.41) is 3.94. The van der Waals surface area contributed by atoms with Crippen LogP contribution in [0.2, 0.25) is 0 Å². The van der Waals surface area contributed by atoms with Gasteiger partial charge in [0.1, 0.15) is 5.75 Å². The largest absolute Gasteiger partial charge is 0.483 e. The van der Waals surface area contributed by atoms with Crippen LogP contribution in [0.1, 0.15) is 5.69 Å². The molecule has 5 heteroatoms. The van der Waals surface area contributed by atoms with E-state index in [-0.39, 0.29) is 12.5 Å². The SMILES string of the molecule is Cn1cccc1/C=N\NC(=O)COc1ccccc1-c1ccccc1. The summed E-state index contributed by atoms with van der Waals surface area (Å²) in [6.07, 6.45) is 3.50. The Hall–Kier alpha value is -3.34. The molecule has 2 aromatic carbocycles. The van der Waals surface area contributed by atoms with Crippen LogP contribution in [0, 0.1) is 0 Å². The van der Waals surface area contributed by atoms with E-state index in [4.69, 9.17) is 4.74 Å². The molecule has 0 aliphatic heterocycles. The summed E-state index contributed by atoms with van der Waals surface area (Å²) in [7, 11) is 1.91. The second-order valence-electron chi connectivity index (χ2n) is 5.49. The van der Waals surface area contributed by atoms with Crippen molar-refractivity contribution >= 4 is 12.1 Å². The Kier molecular flexibility index (Phi) is 5.26. The molecular weight excluding hydrogens is 314 g/mol. The number of nitrogens with one attached hydrogen (secondary N) is 1. The van der Waals surface area contributed by atoms with Gasteiger partial charge in [0.05, 0.1) is 11.9 Å². The van der Waals surface area contributed by atoms with Gasteiger partial charge in [-0.3, -0.25) is 4.79 Å². The van der Waals surface area contributed by atoms with Crippen LogP contribution in [0.3, 0.4) is 0 Å². The van der Waals surface area contributed by atoms with Crippen LogP contribution in [0.25, 0.3) is 11.1 Å². The molecular formula is C20H19N3O2. The third kappa shape index (κ3) is 4.35. The van der Waals surface area contributed by atoms with Gasteiger partial charge in [-0.1, -0.05) is 48.5 Å². The first-order valence-corrected chi connectivity index (χ1v) is 7.94. The average molecular weight is 333 g/mol. The fourth-order valence-electron chi connectivity index (χ4n) is 2.40. The van der Waals surface area contributed by atoms with Gasteiger partial charge in [-0.25, -0.2) is 5.43 Å². The number of hydrogen-bond donors (Lipinski definition) is 1. The van der Waals surface area contributed by atoms with Gasteiger partial charge in [0, 0.05) is 18.8 Å². The second-order valence-corrected chi connectivity index (χ2v) is 5.49. The minimum absolute atomic E-state index is 0.103. The van der Waals surface area contributed by atoms with Crippen LogP contribution < -0.4 is 10.2 Å². The van der Waals surface area contributed by atoms with Crippen LogP contribution in [-0.2, 0) is 11.8 Å². The molecule has 25 heavy (non-hydrogen) atoms. The number of hydrogen-bond acceptors (Lipinski definition) is 3. The van der Waals surface area contributed by atoms with Crippen molar-refractivity contribution in [3.05, 3.63) is 78.6 Å². The van der Waals surface area contributed by atoms with Gasteiger partial charge in [0.25, 0.3) is 5.91 Å². The quantitative estimate of drug-likeness (QED) is 0.556.